The van der Waals surface area contributed by atoms with E-state index in [4.69, 9.17) is 11.6 Å². The topological polar surface area (TPSA) is 93.8 Å². The zero-order chi connectivity index (χ0) is 15.2. The van der Waals surface area contributed by atoms with Crippen molar-refractivity contribution in [3.8, 4) is 0 Å². The van der Waals surface area contributed by atoms with Crippen LogP contribution in [-0.4, -0.2) is 26.4 Å². The SMILES string of the molecule is CCCNc1ncnc(Sc2ncccc2Cl)c1[N+](=O)[O-]. The van der Waals surface area contributed by atoms with E-state index in [9.17, 15) is 10.1 Å². The molecule has 1 N–H and O–H groups in total. The first-order chi connectivity index (χ1) is 10.1. The first-order valence-electron chi connectivity index (χ1n) is 6.15. The van der Waals surface area contributed by atoms with E-state index in [0.29, 0.717) is 16.6 Å². The van der Waals surface area contributed by atoms with Crippen molar-refractivity contribution in [3.05, 3.63) is 39.8 Å². The van der Waals surface area contributed by atoms with Crippen LogP contribution in [0.2, 0.25) is 5.02 Å². The van der Waals surface area contributed by atoms with Crippen molar-refractivity contribution in [2.24, 2.45) is 0 Å². The van der Waals surface area contributed by atoms with Crippen LogP contribution in [0.4, 0.5) is 11.5 Å². The minimum absolute atomic E-state index is 0.169. The summed E-state index contributed by atoms with van der Waals surface area (Å²) >= 11 is 7.06. The second-order valence-corrected chi connectivity index (χ2v) is 5.34. The third-order valence-corrected chi connectivity index (χ3v) is 3.86. The van der Waals surface area contributed by atoms with Gasteiger partial charge in [0, 0.05) is 12.7 Å². The van der Waals surface area contributed by atoms with Crippen molar-refractivity contribution < 1.29 is 4.92 Å². The Morgan fingerprint density at radius 1 is 1.38 bits per heavy atom. The van der Waals surface area contributed by atoms with E-state index in [1.54, 1.807) is 18.3 Å². The van der Waals surface area contributed by atoms with Gasteiger partial charge < -0.3 is 5.32 Å². The normalized spacial score (nSPS) is 10.4. The molecule has 2 heterocycles. The molecule has 0 fully saturated rings. The number of halogens is 1. The molecular weight excluding hydrogens is 314 g/mol. The molecule has 2 rings (SSSR count). The van der Waals surface area contributed by atoms with Crippen molar-refractivity contribution in [1.29, 1.82) is 0 Å². The van der Waals surface area contributed by atoms with Gasteiger partial charge in [0.05, 0.1) is 9.95 Å². The molecule has 0 saturated heterocycles. The molecule has 0 radical (unpaired) electrons. The Hall–Kier alpha value is -1.93. The molecule has 110 valence electrons. The van der Waals surface area contributed by atoms with E-state index in [2.05, 4.69) is 20.3 Å². The Bertz CT molecular complexity index is 655. The van der Waals surface area contributed by atoms with Gasteiger partial charge in [-0.1, -0.05) is 18.5 Å². The Kier molecular flexibility index (Phi) is 5.29. The molecule has 0 aliphatic heterocycles. The molecule has 0 aliphatic carbocycles. The number of nitrogens with one attached hydrogen (secondary N) is 1. The zero-order valence-corrected chi connectivity index (χ0v) is 12.7. The second-order valence-electron chi connectivity index (χ2n) is 3.95. The Balaban J connectivity index is 2.39. The van der Waals surface area contributed by atoms with E-state index in [-0.39, 0.29) is 16.5 Å². The quantitative estimate of drug-likeness (QED) is 0.494. The smallest absolute Gasteiger partial charge is 0.343 e. The van der Waals surface area contributed by atoms with Crippen LogP contribution in [0.1, 0.15) is 13.3 Å². The lowest BCUT2D eigenvalue weighted by Crippen LogP contribution is -2.07. The first-order valence-corrected chi connectivity index (χ1v) is 7.34. The highest BCUT2D eigenvalue weighted by atomic mass is 35.5. The van der Waals surface area contributed by atoms with Gasteiger partial charge in [0.25, 0.3) is 0 Å². The van der Waals surface area contributed by atoms with Crippen LogP contribution in [0.5, 0.6) is 0 Å². The molecule has 0 aliphatic rings. The van der Waals surface area contributed by atoms with E-state index < -0.39 is 4.92 Å². The van der Waals surface area contributed by atoms with Gasteiger partial charge in [-0.2, -0.15) is 0 Å². The number of hydrogen-bond donors (Lipinski definition) is 1. The molecular formula is C12H12ClN5O2S. The fourth-order valence-corrected chi connectivity index (χ4v) is 2.58. The van der Waals surface area contributed by atoms with Crippen LogP contribution < -0.4 is 5.32 Å². The van der Waals surface area contributed by atoms with Gasteiger partial charge in [0.15, 0.2) is 5.03 Å². The summed E-state index contributed by atoms with van der Waals surface area (Å²) in [5, 5.41) is 15.3. The molecule has 0 atom stereocenters. The lowest BCUT2D eigenvalue weighted by molar-refractivity contribution is -0.387. The first kappa shape index (κ1) is 15.5. The van der Waals surface area contributed by atoms with E-state index in [1.807, 2.05) is 6.92 Å². The van der Waals surface area contributed by atoms with E-state index >= 15 is 0 Å². The summed E-state index contributed by atoms with van der Waals surface area (Å²) in [6.07, 6.45) is 3.68. The molecule has 2 aromatic heterocycles. The maximum absolute atomic E-state index is 11.3. The zero-order valence-electron chi connectivity index (χ0n) is 11.1. The Morgan fingerprint density at radius 3 is 2.86 bits per heavy atom. The highest BCUT2D eigenvalue weighted by molar-refractivity contribution is 7.99. The molecule has 0 spiro atoms. The van der Waals surface area contributed by atoms with Gasteiger partial charge >= 0.3 is 5.69 Å². The van der Waals surface area contributed by atoms with Gasteiger partial charge in [-0.15, -0.1) is 0 Å². The lowest BCUT2D eigenvalue weighted by atomic mass is 10.4. The maximum Gasteiger partial charge on any atom is 0.343 e. The Labute approximate surface area is 130 Å². The summed E-state index contributed by atoms with van der Waals surface area (Å²) in [6.45, 7) is 2.55. The van der Waals surface area contributed by atoms with Crippen LogP contribution in [0.25, 0.3) is 0 Å². The highest BCUT2D eigenvalue weighted by Crippen LogP contribution is 2.37. The van der Waals surface area contributed by atoms with Crippen molar-refractivity contribution in [2.45, 2.75) is 23.4 Å². The third-order valence-electron chi connectivity index (χ3n) is 2.43. The predicted molar refractivity (Wildman–Crippen MR) is 80.8 cm³/mol. The molecule has 2 aromatic rings. The number of rotatable bonds is 6. The molecule has 9 heteroatoms. The van der Waals surface area contributed by atoms with E-state index in [1.165, 1.54) is 6.33 Å². The van der Waals surface area contributed by atoms with Gasteiger partial charge in [-0.3, -0.25) is 10.1 Å². The van der Waals surface area contributed by atoms with Crippen molar-refractivity contribution >= 4 is 34.9 Å². The van der Waals surface area contributed by atoms with Gasteiger partial charge in [0.1, 0.15) is 11.4 Å². The number of hydrogen-bond acceptors (Lipinski definition) is 7. The van der Waals surface area contributed by atoms with E-state index in [0.717, 1.165) is 18.2 Å². The average molecular weight is 326 g/mol. The fourth-order valence-electron chi connectivity index (χ4n) is 1.51. The number of anilines is 1. The van der Waals surface area contributed by atoms with Gasteiger partial charge in [-0.25, -0.2) is 15.0 Å². The molecule has 0 saturated carbocycles. The highest BCUT2D eigenvalue weighted by Gasteiger charge is 2.24. The van der Waals surface area contributed by atoms with Gasteiger partial charge in [-0.05, 0) is 30.3 Å². The number of pyridine rings is 1. The van der Waals surface area contributed by atoms with Crippen LogP contribution in [0, 0.1) is 10.1 Å². The van der Waals surface area contributed by atoms with Gasteiger partial charge in [0.2, 0.25) is 5.82 Å². The average Bonchev–Trinajstić information content (AvgIpc) is 2.47. The van der Waals surface area contributed by atoms with Crippen LogP contribution in [0.15, 0.2) is 34.7 Å². The fraction of sp³-hybridized carbons (Fsp3) is 0.250. The summed E-state index contributed by atoms with van der Waals surface area (Å²) in [5.41, 5.74) is -0.169. The number of aromatic nitrogens is 3. The van der Waals surface area contributed by atoms with Crippen molar-refractivity contribution in [2.75, 3.05) is 11.9 Å². The van der Waals surface area contributed by atoms with Crippen LogP contribution in [0.3, 0.4) is 0 Å². The third kappa shape index (κ3) is 3.79. The molecule has 0 unspecified atom stereocenters. The summed E-state index contributed by atoms with van der Waals surface area (Å²) in [7, 11) is 0. The molecule has 7 nitrogen and oxygen atoms in total. The van der Waals surface area contributed by atoms with Crippen LogP contribution in [-0.2, 0) is 0 Å². The van der Waals surface area contributed by atoms with Crippen LogP contribution >= 0.6 is 23.4 Å². The monoisotopic (exact) mass is 325 g/mol. The molecule has 21 heavy (non-hydrogen) atoms. The summed E-state index contributed by atoms with van der Waals surface area (Å²) < 4.78 is 0. The predicted octanol–water partition coefficient (Wildman–Crippen LogP) is 3.41. The standard InChI is InChI=1S/C12H12ClN5O2S/c1-2-5-14-10-9(18(19)20)12(17-7-16-10)21-11-8(13)4-3-6-15-11/h3-4,6-7H,2,5H2,1H3,(H,14,16,17). The van der Waals surface area contributed by atoms with Crippen molar-refractivity contribution in [1.82, 2.24) is 15.0 Å². The maximum atomic E-state index is 11.3. The minimum Gasteiger partial charge on any atom is -0.364 e. The largest absolute Gasteiger partial charge is 0.364 e. The number of nitro groups is 1. The number of nitrogens with zero attached hydrogens (tertiary/aromatic N) is 4. The minimum atomic E-state index is -0.503. The molecule has 0 amide bonds. The summed E-state index contributed by atoms with van der Waals surface area (Å²) in [4.78, 5) is 22.8. The lowest BCUT2D eigenvalue weighted by Gasteiger charge is -2.07. The summed E-state index contributed by atoms with van der Waals surface area (Å²) in [5.74, 6) is 0.200. The molecule has 0 aromatic carbocycles. The summed E-state index contributed by atoms with van der Waals surface area (Å²) in [6, 6.07) is 3.36. The Morgan fingerprint density at radius 2 is 2.19 bits per heavy atom. The molecule has 0 bridgehead atoms. The second kappa shape index (κ2) is 7.19. The van der Waals surface area contributed by atoms with Crippen molar-refractivity contribution in [3.63, 3.8) is 0 Å².